The maximum atomic E-state index is 12.4. The lowest BCUT2D eigenvalue weighted by atomic mass is 10.1. The van der Waals surface area contributed by atoms with Gasteiger partial charge in [0, 0.05) is 18.4 Å². The molecule has 0 saturated heterocycles. The van der Waals surface area contributed by atoms with Crippen LogP contribution in [0.4, 0.5) is 18.9 Å². The summed E-state index contributed by atoms with van der Waals surface area (Å²) in [4.78, 5) is 12.7. The molecule has 19 heavy (non-hydrogen) atoms. The van der Waals surface area contributed by atoms with Crippen molar-refractivity contribution in [1.82, 2.24) is 0 Å². The van der Waals surface area contributed by atoms with Crippen LogP contribution in [0, 0.1) is 0 Å². The number of amides is 1. The Morgan fingerprint density at radius 3 is 2.37 bits per heavy atom. The van der Waals surface area contributed by atoms with Crippen LogP contribution in [0.1, 0.15) is 5.56 Å². The Kier molecular flexibility index (Phi) is 3.33. The van der Waals surface area contributed by atoms with Crippen molar-refractivity contribution >= 4 is 11.6 Å². The smallest absolute Gasteiger partial charge is 0.366 e. The van der Waals surface area contributed by atoms with Gasteiger partial charge >= 0.3 is 6.18 Å². The van der Waals surface area contributed by atoms with Crippen LogP contribution in [0.15, 0.2) is 48.2 Å². The summed E-state index contributed by atoms with van der Waals surface area (Å²) in [5.41, 5.74) is 5.33. The van der Waals surface area contributed by atoms with Crippen molar-refractivity contribution in [3.8, 4) is 0 Å². The number of nitrogens with zero attached hydrogens (tertiary/aromatic N) is 1. The Balaban J connectivity index is 2.24. The fourth-order valence-corrected chi connectivity index (χ4v) is 1.72. The first-order valence-electron chi connectivity index (χ1n) is 5.50. The number of halogens is 3. The van der Waals surface area contributed by atoms with E-state index in [4.69, 9.17) is 5.73 Å². The Bertz CT molecular complexity index is 544. The van der Waals surface area contributed by atoms with Gasteiger partial charge in [0.25, 0.3) is 0 Å². The van der Waals surface area contributed by atoms with Gasteiger partial charge in [-0.15, -0.1) is 0 Å². The van der Waals surface area contributed by atoms with Crippen molar-refractivity contribution in [3.05, 3.63) is 53.8 Å². The third-order valence-corrected chi connectivity index (χ3v) is 2.71. The molecular weight excluding hydrogens is 257 g/mol. The van der Waals surface area contributed by atoms with E-state index >= 15 is 0 Å². The fraction of sp³-hybridized carbons (Fsp3) is 0.154. The standard InChI is InChI=1S/C13H11F3N2O/c14-13(15,16)10-3-5-11(6-4-10)18-7-1-2-9(8-18)12(17)19/h1-6,8H,7H2,(H2,17,19). The van der Waals surface area contributed by atoms with Crippen molar-refractivity contribution in [2.75, 3.05) is 11.4 Å². The second-order valence-electron chi connectivity index (χ2n) is 4.05. The van der Waals surface area contributed by atoms with Gasteiger partial charge in [0.15, 0.2) is 0 Å². The van der Waals surface area contributed by atoms with Crippen molar-refractivity contribution in [1.29, 1.82) is 0 Å². The molecule has 3 nitrogen and oxygen atoms in total. The van der Waals surface area contributed by atoms with Crippen molar-refractivity contribution < 1.29 is 18.0 Å². The average molecular weight is 268 g/mol. The molecule has 0 spiro atoms. The number of anilines is 1. The van der Waals surface area contributed by atoms with Gasteiger partial charge in [-0.05, 0) is 24.3 Å². The summed E-state index contributed by atoms with van der Waals surface area (Å²) in [6.45, 7) is 0.474. The van der Waals surface area contributed by atoms with Gasteiger partial charge in [0.05, 0.1) is 11.1 Å². The highest BCUT2D eigenvalue weighted by atomic mass is 19.4. The lowest BCUT2D eigenvalue weighted by molar-refractivity contribution is -0.137. The summed E-state index contributed by atoms with van der Waals surface area (Å²) in [5.74, 6) is -0.576. The van der Waals surface area contributed by atoms with E-state index in [1.807, 2.05) is 0 Å². The Morgan fingerprint density at radius 1 is 1.21 bits per heavy atom. The summed E-state index contributed by atoms with van der Waals surface area (Å²) in [5, 5.41) is 0. The molecule has 100 valence electrons. The number of hydrogen-bond donors (Lipinski definition) is 1. The fourth-order valence-electron chi connectivity index (χ4n) is 1.72. The molecule has 2 N–H and O–H groups in total. The molecule has 0 bridgehead atoms. The number of nitrogens with two attached hydrogens (primary N) is 1. The van der Waals surface area contributed by atoms with E-state index in [0.717, 1.165) is 12.1 Å². The number of alkyl halides is 3. The number of hydrogen-bond acceptors (Lipinski definition) is 2. The molecule has 0 aromatic heterocycles. The molecule has 1 heterocycles. The Hall–Kier alpha value is -2.24. The molecular formula is C13H11F3N2O. The molecule has 0 atom stereocenters. The van der Waals surface area contributed by atoms with Gasteiger partial charge in [-0.3, -0.25) is 4.79 Å². The molecule has 1 aliphatic rings. The number of carbonyl (C=O) groups excluding carboxylic acids is 1. The van der Waals surface area contributed by atoms with E-state index in [2.05, 4.69) is 0 Å². The van der Waals surface area contributed by atoms with Crippen LogP contribution in [0.3, 0.4) is 0 Å². The molecule has 0 fully saturated rings. The maximum absolute atomic E-state index is 12.4. The molecule has 0 saturated carbocycles. The minimum Gasteiger partial charge on any atom is -0.366 e. The van der Waals surface area contributed by atoms with Gasteiger partial charge in [0.1, 0.15) is 0 Å². The van der Waals surface area contributed by atoms with E-state index in [9.17, 15) is 18.0 Å². The van der Waals surface area contributed by atoms with Crippen LogP contribution in [-0.4, -0.2) is 12.5 Å². The normalized spacial score (nSPS) is 15.3. The van der Waals surface area contributed by atoms with Crippen LogP contribution in [0.25, 0.3) is 0 Å². The van der Waals surface area contributed by atoms with Gasteiger partial charge in [-0.25, -0.2) is 0 Å². The first kappa shape index (κ1) is 13.2. The minimum absolute atomic E-state index is 0.311. The van der Waals surface area contributed by atoms with Crippen LogP contribution in [-0.2, 0) is 11.0 Å². The zero-order chi connectivity index (χ0) is 14.0. The lowest BCUT2D eigenvalue weighted by Crippen LogP contribution is -2.24. The second kappa shape index (κ2) is 4.79. The second-order valence-corrected chi connectivity index (χ2v) is 4.05. The number of primary amides is 1. The third kappa shape index (κ3) is 2.96. The van der Waals surface area contributed by atoms with Gasteiger partial charge in [-0.1, -0.05) is 12.2 Å². The monoisotopic (exact) mass is 268 g/mol. The zero-order valence-corrected chi connectivity index (χ0v) is 9.82. The van der Waals surface area contributed by atoms with Crippen LogP contribution < -0.4 is 10.6 Å². The molecule has 1 aliphatic heterocycles. The summed E-state index contributed by atoms with van der Waals surface area (Å²) < 4.78 is 37.3. The van der Waals surface area contributed by atoms with Crippen LogP contribution >= 0.6 is 0 Å². The quantitative estimate of drug-likeness (QED) is 0.895. The lowest BCUT2D eigenvalue weighted by Gasteiger charge is -2.22. The van der Waals surface area contributed by atoms with E-state index in [1.54, 1.807) is 17.1 Å². The predicted octanol–water partition coefficient (Wildman–Crippen LogP) is 2.45. The highest BCUT2D eigenvalue weighted by Gasteiger charge is 2.30. The van der Waals surface area contributed by atoms with Gasteiger partial charge in [0.2, 0.25) is 5.91 Å². The molecule has 0 radical (unpaired) electrons. The Morgan fingerprint density at radius 2 is 1.84 bits per heavy atom. The topological polar surface area (TPSA) is 46.3 Å². The first-order chi connectivity index (χ1) is 8.88. The van der Waals surface area contributed by atoms with E-state index in [0.29, 0.717) is 17.8 Å². The van der Waals surface area contributed by atoms with Crippen LogP contribution in [0.5, 0.6) is 0 Å². The predicted molar refractivity (Wildman–Crippen MR) is 65.2 cm³/mol. The molecule has 1 aromatic rings. The van der Waals surface area contributed by atoms with Gasteiger partial charge in [-0.2, -0.15) is 13.2 Å². The molecule has 2 rings (SSSR count). The van der Waals surface area contributed by atoms with Crippen molar-refractivity contribution in [2.24, 2.45) is 5.73 Å². The molecule has 0 aliphatic carbocycles. The number of rotatable bonds is 2. The first-order valence-corrected chi connectivity index (χ1v) is 5.50. The number of carbonyl (C=O) groups is 1. The highest BCUT2D eigenvalue weighted by Crippen LogP contribution is 2.30. The number of benzene rings is 1. The Labute approximate surface area is 107 Å². The van der Waals surface area contributed by atoms with E-state index in [-0.39, 0.29) is 0 Å². The maximum Gasteiger partial charge on any atom is 0.416 e. The molecule has 6 heteroatoms. The van der Waals surface area contributed by atoms with Crippen molar-refractivity contribution in [2.45, 2.75) is 6.18 Å². The average Bonchev–Trinajstić information content (AvgIpc) is 2.38. The summed E-state index contributed by atoms with van der Waals surface area (Å²) in [6.07, 6.45) is 0.472. The SMILES string of the molecule is NC(=O)C1=CN(c2ccc(C(F)(F)F)cc2)CC=C1. The summed E-state index contributed by atoms with van der Waals surface area (Å²) >= 11 is 0. The van der Waals surface area contributed by atoms with Crippen molar-refractivity contribution in [3.63, 3.8) is 0 Å². The van der Waals surface area contributed by atoms with Gasteiger partial charge < -0.3 is 10.6 Å². The third-order valence-electron chi connectivity index (χ3n) is 2.71. The minimum atomic E-state index is -4.35. The summed E-state index contributed by atoms with van der Waals surface area (Å²) in [7, 11) is 0. The molecule has 1 aromatic carbocycles. The highest BCUT2D eigenvalue weighted by molar-refractivity contribution is 5.95. The van der Waals surface area contributed by atoms with E-state index in [1.165, 1.54) is 18.3 Å². The molecule has 1 amide bonds. The van der Waals surface area contributed by atoms with E-state index < -0.39 is 17.6 Å². The largest absolute Gasteiger partial charge is 0.416 e. The summed E-state index contributed by atoms with van der Waals surface area (Å²) in [6, 6.07) is 4.73. The molecule has 0 unspecified atom stereocenters. The van der Waals surface area contributed by atoms with Crippen LogP contribution in [0.2, 0.25) is 0 Å². The zero-order valence-electron chi connectivity index (χ0n) is 9.82.